The van der Waals surface area contributed by atoms with Gasteiger partial charge in [-0.2, -0.15) is 0 Å². The van der Waals surface area contributed by atoms with Crippen molar-refractivity contribution in [1.82, 2.24) is 4.67 Å². The normalized spacial score (nSPS) is 26.5. The molecule has 5 heteroatoms. The van der Waals surface area contributed by atoms with E-state index in [0.717, 1.165) is 25.3 Å². The number of nitrogens with zero attached hydrogens (tertiary/aromatic N) is 1. The lowest BCUT2D eigenvalue weighted by Crippen LogP contribution is -2.29. The Kier molecular flexibility index (Phi) is 2.93. The third-order valence-electron chi connectivity index (χ3n) is 2.90. The van der Waals surface area contributed by atoms with E-state index in [1.54, 1.807) is 0 Å². The first-order valence-electron chi connectivity index (χ1n) is 5.21. The average Bonchev–Trinajstić information content (AvgIpc) is 2.42. The fourth-order valence-corrected chi connectivity index (χ4v) is 1.93. The molecule has 2 aliphatic heterocycles. The molecule has 15 heavy (non-hydrogen) atoms. The molecular formula is C10H17BNO2P. The first kappa shape index (κ1) is 11.2. The summed E-state index contributed by atoms with van der Waals surface area (Å²) < 4.78 is 13.7. The molecule has 1 unspecified atom stereocenters. The van der Waals surface area contributed by atoms with Crippen LogP contribution in [0, 0.1) is 0 Å². The van der Waals surface area contributed by atoms with Crippen LogP contribution in [0.1, 0.15) is 20.3 Å². The molecule has 0 aliphatic carbocycles. The van der Waals surface area contributed by atoms with E-state index < -0.39 is 0 Å². The van der Waals surface area contributed by atoms with E-state index >= 15 is 0 Å². The molecule has 2 aliphatic rings. The summed E-state index contributed by atoms with van der Waals surface area (Å²) >= 11 is 0. The third-order valence-corrected chi connectivity index (χ3v) is 3.37. The molecule has 82 valence electrons. The summed E-state index contributed by atoms with van der Waals surface area (Å²) in [6, 6.07) is 0. The highest BCUT2D eigenvalue weighted by atomic mass is 31.0. The highest BCUT2D eigenvalue weighted by Gasteiger charge is 2.43. The van der Waals surface area contributed by atoms with Crippen molar-refractivity contribution in [1.29, 1.82) is 0 Å². The lowest BCUT2D eigenvalue weighted by molar-refractivity contribution is 0.171. The van der Waals surface area contributed by atoms with Crippen molar-refractivity contribution in [3.63, 3.8) is 0 Å². The van der Waals surface area contributed by atoms with Gasteiger partial charge < -0.3 is 9.31 Å². The zero-order chi connectivity index (χ0) is 11.1. The number of rotatable bonds is 1. The van der Waals surface area contributed by atoms with Gasteiger partial charge in [0.05, 0.1) is 5.76 Å². The highest BCUT2D eigenvalue weighted by Crippen LogP contribution is 2.33. The first-order valence-corrected chi connectivity index (χ1v) is 5.73. The van der Waals surface area contributed by atoms with Crippen LogP contribution in [0.2, 0.25) is 0 Å². The SMILES string of the molecule is C=C1OB(C2=CCN(P)CC2)OC1(C)C. The second-order valence-electron chi connectivity index (χ2n) is 4.53. The molecule has 1 saturated heterocycles. The molecule has 3 nitrogen and oxygen atoms in total. The van der Waals surface area contributed by atoms with Crippen molar-refractivity contribution in [2.24, 2.45) is 0 Å². The Hall–Kier alpha value is -0.305. The topological polar surface area (TPSA) is 21.7 Å². The Labute approximate surface area is 93.9 Å². The Morgan fingerprint density at radius 3 is 2.80 bits per heavy atom. The molecule has 0 radical (unpaired) electrons. The maximum atomic E-state index is 5.82. The van der Waals surface area contributed by atoms with E-state index in [9.17, 15) is 0 Å². The molecule has 0 aromatic rings. The Morgan fingerprint density at radius 2 is 2.33 bits per heavy atom. The van der Waals surface area contributed by atoms with Crippen molar-refractivity contribution < 1.29 is 9.31 Å². The van der Waals surface area contributed by atoms with Crippen LogP contribution in [0.3, 0.4) is 0 Å². The van der Waals surface area contributed by atoms with Crippen LogP contribution < -0.4 is 0 Å². The predicted octanol–water partition coefficient (Wildman–Crippen LogP) is 1.78. The molecule has 1 fully saturated rings. The van der Waals surface area contributed by atoms with Gasteiger partial charge in [-0.1, -0.05) is 22.0 Å². The second-order valence-corrected chi connectivity index (χ2v) is 5.26. The first-order chi connectivity index (χ1) is 6.99. The fourth-order valence-electron chi connectivity index (χ4n) is 1.69. The summed E-state index contributed by atoms with van der Waals surface area (Å²) in [5.41, 5.74) is 0.879. The molecule has 2 rings (SSSR count). The third kappa shape index (κ3) is 2.27. The van der Waals surface area contributed by atoms with Gasteiger partial charge in [0, 0.05) is 13.1 Å². The minimum Gasteiger partial charge on any atom is -0.534 e. The van der Waals surface area contributed by atoms with Crippen LogP contribution in [0.4, 0.5) is 0 Å². The van der Waals surface area contributed by atoms with E-state index in [4.69, 9.17) is 9.31 Å². The average molecular weight is 225 g/mol. The Balaban J connectivity index is 2.05. The molecule has 0 amide bonds. The van der Waals surface area contributed by atoms with Gasteiger partial charge in [-0.05, 0) is 25.7 Å². The molecule has 0 aromatic carbocycles. The maximum absolute atomic E-state index is 5.82. The van der Waals surface area contributed by atoms with Crippen molar-refractivity contribution >= 4 is 16.5 Å². The smallest absolute Gasteiger partial charge is 0.534 e. The largest absolute Gasteiger partial charge is 0.558 e. The summed E-state index contributed by atoms with van der Waals surface area (Å²) in [5, 5.41) is 0. The summed E-state index contributed by atoms with van der Waals surface area (Å²) in [6.45, 7) is 9.83. The van der Waals surface area contributed by atoms with Crippen molar-refractivity contribution in [3.05, 3.63) is 23.9 Å². The van der Waals surface area contributed by atoms with E-state index in [1.165, 1.54) is 5.47 Å². The van der Waals surface area contributed by atoms with Crippen LogP contribution in [-0.2, 0) is 9.31 Å². The molecule has 0 saturated carbocycles. The van der Waals surface area contributed by atoms with Crippen LogP contribution >= 0.6 is 9.39 Å². The van der Waals surface area contributed by atoms with Gasteiger partial charge in [0.2, 0.25) is 0 Å². The van der Waals surface area contributed by atoms with Crippen LogP contribution in [-0.4, -0.2) is 30.5 Å². The van der Waals surface area contributed by atoms with E-state index in [2.05, 4.69) is 26.7 Å². The van der Waals surface area contributed by atoms with Gasteiger partial charge in [0.15, 0.2) is 0 Å². The van der Waals surface area contributed by atoms with Crippen molar-refractivity contribution in [2.75, 3.05) is 13.1 Å². The van der Waals surface area contributed by atoms with E-state index in [-0.39, 0.29) is 12.7 Å². The van der Waals surface area contributed by atoms with Gasteiger partial charge in [-0.25, -0.2) is 0 Å². The number of hydrogen-bond donors (Lipinski definition) is 0. The monoisotopic (exact) mass is 225 g/mol. The fraction of sp³-hybridized carbons (Fsp3) is 0.600. The van der Waals surface area contributed by atoms with Gasteiger partial charge >= 0.3 is 7.12 Å². The second kappa shape index (κ2) is 3.93. The molecule has 0 spiro atoms. The van der Waals surface area contributed by atoms with Crippen molar-refractivity contribution in [3.8, 4) is 0 Å². The quantitative estimate of drug-likeness (QED) is 0.501. The zero-order valence-electron chi connectivity index (χ0n) is 9.32. The summed E-state index contributed by atoms with van der Waals surface area (Å²) in [4.78, 5) is 0. The molecular weight excluding hydrogens is 208 g/mol. The van der Waals surface area contributed by atoms with Gasteiger partial charge in [-0.3, -0.25) is 4.67 Å². The lowest BCUT2D eigenvalue weighted by Gasteiger charge is -2.22. The Morgan fingerprint density at radius 1 is 1.60 bits per heavy atom. The van der Waals surface area contributed by atoms with E-state index in [0.29, 0.717) is 0 Å². The van der Waals surface area contributed by atoms with Gasteiger partial charge in [-0.15, -0.1) is 0 Å². The van der Waals surface area contributed by atoms with Crippen molar-refractivity contribution in [2.45, 2.75) is 25.9 Å². The minimum atomic E-state index is -0.358. The standard InChI is InChI=1S/C10H17BNO2P/c1-8-10(2,3)14-11(13-8)9-4-6-12(15)7-5-9/h4H,1,5-7,15H2,2-3H3. The predicted molar refractivity (Wildman–Crippen MR) is 65.1 cm³/mol. The Bertz CT molecular complexity index is 317. The zero-order valence-corrected chi connectivity index (χ0v) is 10.5. The molecule has 0 N–H and O–H groups in total. The van der Waals surface area contributed by atoms with Crippen LogP contribution in [0.25, 0.3) is 0 Å². The van der Waals surface area contributed by atoms with Crippen LogP contribution in [0.5, 0.6) is 0 Å². The maximum Gasteiger partial charge on any atom is 0.558 e. The number of hydrogen-bond acceptors (Lipinski definition) is 3. The van der Waals surface area contributed by atoms with Crippen LogP contribution in [0.15, 0.2) is 23.9 Å². The highest BCUT2D eigenvalue weighted by molar-refractivity contribution is 7.13. The summed E-state index contributed by atoms with van der Waals surface area (Å²) in [5.74, 6) is 0.724. The summed E-state index contributed by atoms with van der Waals surface area (Å²) in [7, 11) is 2.49. The summed E-state index contributed by atoms with van der Waals surface area (Å²) in [6.07, 6.45) is 3.17. The molecule has 0 bridgehead atoms. The molecule has 0 aromatic heterocycles. The molecule has 1 atom stereocenters. The molecule has 2 heterocycles. The van der Waals surface area contributed by atoms with Gasteiger partial charge in [0.1, 0.15) is 5.60 Å². The van der Waals surface area contributed by atoms with E-state index in [1.807, 2.05) is 13.8 Å². The minimum absolute atomic E-state index is 0.216. The van der Waals surface area contributed by atoms with Gasteiger partial charge in [0.25, 0.3) is 0 Å². The lowest BCUT2D eigenvalue weighted by atomic mass is 9.75.